The second-order valence-electron chi connectivity index (χ2n) is 12.0. The lowest BCUT2D eigenvalue weighted by Crippen LogP contribution is -2.60. The number of rotatable bonds is 11. The van der Waals surface area contributed by atoms with E-state index in [0.717, 1.165) is 28.6 Å². The van der Waals surface area contributed by atoms with E-state index in [1.54, 1.807) is 33.8 Å². The molecule has 3 atom stereocenters. The molecule has 3 rings (SSSR count). The molecular formula is C32H41Cl3N4O6. The van der Waals surface area contributed by atoms with Gasteiger partial charge in [0, 0.05) is 17.6 Å². The van der Waals surface area contributed by atoms with E-state index in [4.69, 9.17) is 44.3 Å². The molecule has 2 aromatic rings. The topological polar surface area (TPSA) is 127 Å². The van der Waals surface area contributed by atoms with Crippen LogP contribution in [0.15, 0.2) is 36.4 Å². The molecule has 0 saturated carbocycles. The highest BCUT2D eigenvalue weighted by Crippen LogP contribution is 2.27. The van der Waals surface area contributed by atoms with Crippen LogP contribution in [0.2, 0.25) is 0 Å². The molecule has 0 radical (unpaired) electrons. The predicted molar refractivity (Wildman–Crippen MR) is 175 cm³/mol. The smallest absolute Gasteiger partial charge is 0.325 e. The Kier molecular flexibility index (Phi) is 12.7. The quantitative estimate of drug-likeness (QED) is 0.241. The van der Waals surface area contributed by atoms with Crippen LogP contribution in [0, 0.1) is 11.3 Å². The Morgan fingerprint density at radius 1 is 1.13 bits per heavy atom. The van der Waals surface area contributed by atoms with E-state index >= 15 is 0 Å². The van der Waals surface area contributed by atoms with Gasteiger partial charge in [-0.1, -0.05) is 85.9 Å². The fourth-order valence-electron chi connectivity index (χ4n) is 4.57. The number of esters is 2. The van der Waals surface area contributed by atoms with Crippen molar-refractivity contribution in [2.24, 2.45) is 11.3 Å². The number of fused-ring (bicyclic) bond motifs is 1. The number of nitrogens with one attached hydrogen (secondary N) is 2. The van der Waals surface area contributed by atoms with Gasteiger partial charge in [0.1, 0.15) is 18.7 Å². The van der Waals surface area contributed by atoms with E-state index in [2.05, 4.69) is 22.7 Å². The van der Waals surface area contributed by atoms with Crippen LogP contribution in [0.25, 0.3) is 17.0 Å². The minimum Gasteiger partial charge on any atom is -0.460 e. The Morgan fingerprint density at radius 2 is 1.82 bits per heavy atom. The maximum atomic E-state index is 13.3. The Labute approximate surface area is 279 Å². The summed E-state index contributed by atoms with van der Waals surface area (Å²) >= 11 is 16.9. The lowest BCUT2D eigenvalue weighted by atomic mass is 9.92. The second kappa shape index (κ2) is 15.6. The van der Waals surface area contributed by atoms with Crippen LogP contribution < -0.4 is 10.7 Å². The van der Waals surface area contributed by atoms with Gasteiger partial charge < -0.3 is 14.8 Å². The van der Waals surface area contributed by atoms with E-state index in [-0.39, 0.29) is 5.92 Å². The number of benzene rings is 1. The number of hydrazine groups is 1. The molecule has 10 nitrogen and oxygen atoms in total. The van der Waals surface area contributed by atoms with Crippen LogP contribution in [-0.4, -0.2) is 68.9 Å². The minimum atomic E-state index is -1.76. The molecule has 13 heteroatoms. The van der Waals surface area contributed by atoms with Gasteiger partial charge in [-0.15, -0.1) is 0 Å². The van der Waals surface area contributed by atoms with Crippen molar-refractivity contribution in [1.29, 1.82) is 0 Å². The largest absolute Gasteiger partial charge is 0.460 e. The molecule has 0 bridgehead atoms. The summed E-state index contributed by atoms with van der Waals surface area (Å²) in [5.74, 6) is -2.72. The van der Waals surface area contributed by atoms with Crippen molar-refractivity contribution in [1.82, 2.24) is 20.7 Å². The highest BCUT2D eigenvalue weighted by molar-refractivity contribution is 6.67. The number of nitrogens with zero attached hydrogens (tertiary/aromatic N) is 2. The number of hydrogen-bond acceptors (Lipinski definition) is 8. The summed E-state index contributed by atoms with van der Waals surface area (Å²) < 4.78 is 8.98. The molecule has 2 N–H and O–H groups in total. The van der Waals surface area contributed by atoms with Gasteiger partial charge in [-0.25, -0.2) is 5.43 Å². The van der Waals surface area contributed by atoms with E-state index in [1.165, 1.54) is 11.9 Å². The van der Waals surface area contributed by atoms with E-state index in [9.17, 15) is 19.2 Å². The number of carbonyl (C=O) groups excluding carboxylic acids is 4. The third-order valence-electron chi connectivity index (χ3n) is 7.30. The number of ether oxygens (including phenoxy) is 2. The molecule has 2 amide bonds. The monoisotopic (exact) mass is 682 g/mol. The number of halogens is 3. The molecule has 1 saturated heterocycles. The molecule has 1 aliphatic heterocycles. The summed E-state index contributed by atoms with van der Waals surface area (Å²) in [5.41, 5.74) is 4.51. The summed E-state index contributed by atoms with van der Waals surface area (Å²) in [5, 5.41) is 4.93. The standard InChI is InChI=1S/C32H41Cl3N4O6/c1-7-23-13-12-22-11-10-21(17-25(22)37-23)14-15-31(5,6)30(43)45-26(19(2)3)27(40)36-20(4)28(41)39-16-8-9-24(38-39)29(42)44-18-32(33,34)35/h10-15,17,19-20,24,26,38H,7-9,16,18H2,1-6H3,(H,36,40)/b15-14+/t20-,24-,26?/m0/s1. The van der Waals surface area contributed by atoms with Crippen molar-refractivity contribution in [3.8, 4) is 0 Å². The van der Waals surface area contributed by atoms with Crippen LogP contribution in [0.4, 0.5) is 0 Å². The highest BCUT2D eigenvalue weighted by Gasteiger charge is 2.36. The average molecular weight is 684 g/mol. The number of aryl methyl sites for hydroxylation is 1. The normalized spacial score (nSPS) is 17.3. The van der Waals surface area contributed by atoms with Crippen LogP contribution in [-0.2, 0) is 35.1 Å². The van der Waals surface area contributed by atoms with Crippen LogP contribution in [0.3, 0.4) is 0 Å². The van der Waals surface area contributed by atoms with Gasteiger partial charge in [0.15, 0.2) is 6.10 Å². The Bertz CT molecular complexity index is 1430. The summed E-state index contributed by atoms with van der Waals surface area (Å²) in [6.45, 7) is 10.4. The third-order valence-corrected chi connectivity index (χ3v) is 7.62. The molecule has 1 aromatic carbocycles. The minimum absolute atomic E-state index is 0.309. The lowest BCUT2D eigenvalue weighted by Gasteiger charge is -2.34. The van der Waals surface area contributed by atoms with E-state index < -0.39 is 57.8 Å². The van der Waals surface area contributed by atoms with Gasteiger partial charge in [-0.05, 0) is 63.6 Å². The van der Waals surface area contributed by atoms with Crippen molar-refractivity contribution in [2.75, 3.05) is 13.2 Å². The van der Waals surface area contributed by atoms with Crippen molar-refractivity contribution in [3.63, 3.8) is 0 Å². The Balaban J connectivity index is 1.61. The molecular weight excluding hydrogens is 643 g/mol. The first-order valence-corrected chi connectivity index (χ1v) is 16.1. The fraction of sp³-hybridized carbons (Fsp3) is 0.531. The van der Waals surface area contributed by atoms with Gasteiger partial charge >= 0.3 is 11.9 Å². The van der Waals surface area contributed by atoms with Crippen LogP contribution >= 0.6 is 34.8 Å². The molecule has 45 heavy (non-hydrogen) atoms. The molecule has 1 aromatic heterocycles. The predicted octanol–water partition coefficient (Wildman–Crippen LogP) is 5.32. The second-order valence-corrected chi connectivity index (χ2v) is 14.5. The summed E-state index contributed by atoms with van der Waals surface area (Å²) in [7, 11) is 0. The maximum absolute atomic E-state index is 13.3. The van der Waals surface area contributed by atoms with Crippen molar-refractivity contribution in [2.45, 2.75) is 82.8 Å². The molecule has 0 aliphatic carbocycles. The average Bonchev–Trinajstić information content (AvgIpc) is 2.99. The van der Waals surface area contributed by atoms with Crippen molar-refractivity contribution in [3.05, 3.63) is 47.7 Å². The zero-order valence-electron chi connectivity index (χ0n) is 26.4. The van der Waals surface area contributed by atoms with E-state index in [1.807, 2.05) is 36.4 Å². The molecule has 0 spiro atoms. The first kappa shape index (κ1) is 36.5. The molecule has 1 unspecified atom stereocenters. The first-order valence-electron chi connectivity index (χ1n) is 14.9. The number of aromatic nitrogens is 1. The van der Waals surface area contributed by atoms with Gasteiger partial charge in [-0.3, -0.25) is 29.2 Å². The number of amides is 2. The number of hydrogen-bond donors (Lipinski definition) is 2. The van der Waals surface area contributed by atoms with Crippen molar-refractivity contribution < 1.29 is 28.7 Å². The zero-order chi connectivity index (χ0) is 33.5. The highest BCUT2D eigenvalue weighted by atomic mass is 35.6. The van der Waals surface area contributed by atoms with Crippen LogP contribution in [0.5, 0.6) is 0 Å². The van der Waals surface area contributed by atoms with Gasteiger partial charge in [0.2, 0.25) is 3.79 Å². The first-order chi connectivity index (χ1) is 21.0. The van der Waals surface area contributed by atoms with Crippen LogP contribution in [0.1, 0.15) is 65.6 Å². The molecule has 1 aliphatic rings. The number of carbonyl (C=O) groups is 4. The van der Waals surface area contributed by atoms with Crippen molar-refractivity contribution >= 4 is 75.5 Å². The third kappa shape index (κ3) is 10.6. The molecule has 2 heterocycles. The Morgan fingerprint density at radius 3 is 2.47 bits per heavy atom. The molecule has 246 valence electrons. The maximum Gasteiger partial charge on any atom is 0.325 e. The number of pyridine rings is 1. The van der Waals surface area contributed by atoms with Gasteiger partial charge in [0.25, 0.3) is 11.8 Å². The van der Waals surface area contributed by atoms with E-state index in [0.29, 0.717) is 19.4 Å². The summed E-state index contributed by atoms with van der Waals surface area (Å²) in [4.78, 5) is 56.7. The summed E-state index contributed by atoms with van der Waals surface area (Å²) in [6.07, 6.45) is 4.18. The van der Waals surface area contributed by atoms with Gasteiger partial charge in [-0.2, -0.15) is 0 Å². The Hall–Kier alpha value is -2.92. The zero-order valence-corrected chi connectivity index (χ0v) is 28.6. The lowest BCUT2D eigenvalue weighted by molar-refractivity contribution is -0.165. The SMILES string of the molecule is CCc1ccc2ccc(/C=C/C(C)(C)C(=O)OC(C(=O)N[C@@H](C)C(=O)N3CCC[C@@H](C(=O)OCC(Cl)(Cl)Cl)N3)C(C)C)cc2n1. The number of alkyl halides is 3. The summed E-state index contributed by atoms with van der Waals surface area (Å²) in [6, 6.07) is 8.12. The van der Waals surface area contributed by atoms with Gasteiger partial charge in [0.05, 0.1) is 10.9 Å². The molecule has 1 fully saturated rings. The fourth-order valence-corrected chi connectivity index (χ4v) is 4.73.